The maximum Gasteiger partial charge on any atom is 0.164 e. The minimum atomic E-state index is 0.705. The summed E-state index contributed by atoms with van der Waals surface area (Å²) in [6.07, 6.45) is 1.92. The first kappa shape index (κ1) is 18.2. The molecule has 0 N–H and O–H groups in total. The van der Waals surface area contributed by atoms with Crippen LogP contribution in [-0.4, -0.2) is 54.0 Å². The van der Waals surface area contributed by atoms with Gasteiger partial charge in [0.25, 0.3) is 0 Å². The number of hydrogen-bond acceptors (Lipinski definition) is 5. The van der Waals surface area contributed by atoms with Gasteiger partial charge >= 0.3 is 0 Å². The van der Waals surface area contributed by atoms with E-state index in [9.17, 15) is 0 Å². The van der Waals surface area contributed by atoms with Crippen molar-refractivity contribution in [1.82, 2.24) is 4.90 Å². The van der Waals surface area contributed by atoms with Crippen molar-refractivity contribution in [3.05, 3.63) is 23.8 Å². The summed E-state index contributed by atoms with van der Waals surface area (Å²) in [7, 11) is 10.8. The van der Waals surface area contributed by atoms with Crippen molar-refractivity contribution in [3.63, 3.8) is 0 Å². The molecule has 0 radical (unpaired) electrons. The zero-order valence-electron chi connectivity index (χ0n) is 15.4. The number of hydrogen-bond donors (Lipinski definition) is 0. The summed E-state index contributed by atoms with van der Waals surface area (Å²) in [4.78, 5) is 2.18. The summed E-state index contributed by atoms with van der Waals surface area (Å²) in [5.74, 6) is 2.94. The summed E-state index contributed by atoms with van der Waals surface area (Å²) >= 11 is 0. The number of aryl methyl sites for hydroxylation is 1. The van der Waals surface area contributed by atoms with Gasteiger partial charge < -0.3 is 23.8 Å². The lowest BCUT2D eigenvalue weighted by Gasteiger charge is -2.18. The monoisotopic (exact) mass is 333 g/mol. The van der Waals surface area contributed by atoms with Crippen molar-refractivity contribution in [2.45, 2.75) is 12.8 Å². The van der Waals surface area contributed by atoms with Gasteiger partial charge in [-0.2, -0.15) is 0 Å². The van der Waals surface area contributed by atoms with Crippen molar-refractivity contribution in [1.29, 1.82) is 0 Å². The second kappa shape index (κ2) is 8.11. The molecule has 0 saturated carbocycles. The van der Waals surface area contributed by atoms with Crippen LogP contribution in [0.5, 0.6) is 23.0 Å². The van der Waals surface area contributed by atoms with Gasteiger partial charge in [-0.15, -0.1) is 0 Å². The lowest BCUT2D eigenvalue weighted by Crippen LogP contribution is -2.13. The van der Waals surface area contributed by atoms with E-state index < -0.39 is 0 Å². The van der Waals surface area contributed by atoms with Crippen LogP contribution >= 0.6 is 0 Å². The molecule has 132 valence electrons. The molecule has 2 aromatic rings. The predicted octanol–water partition coefficient (Wildman–Crippen LogP) is 3.37. The molecule has 5 nitrogen and oxygen atoms in total. The molecule has 5 heteroatoms. The van der Waals surface area contributed by atoms with Gasteiger partial charge in [-0.3, -0.25) is 0 Å². The van der Waals surface area contributed by atoms with Crippen molar-refractivity contribution in [2.24, 2.45) is 0 Å². The topological polar surface area (TPSA) is 40.2 Å². The van der Waals surface area contributed by atoms with Crippen molar-refractivity contribution in [3.8, 4) is 23.0 Å². The second-order valence-electron chi connectivity index (χ2n) is 5.93. The first-order chi connectivity index (χ1) is 11.5. The predicted molar refractivity (Wildman–Crippen MR) is 97.0 cm³/mol. The van der Waals surface area contributed by atoms with Crippen LogP contribution in [0.15, 0.2) is 18.2 Å². The largest absolute Gasteiger partial charge is 0.493 e. The smallest absolute Gasteiger partial charge is 0.164 e. The van der Waals surface area contributed by atoms with Crippen LogP contribution < -0.4 is 18.9 Å². The summed E-state index contributed by atoms with van der Waals surface area (Å²) in [6.45, 7) is 1.01. The van der Waals surface area contributed by atoms with E-state index >= 15 is 0 Å². The van der Waals surface area contributed by atoms with E-state index in [1.807, 2.05) is 18.2 Å². The van der Waals surface area contributed by atoms with E-state index in [2.05, 4.69) is 19.0 Å². The van der Waals surface area contributed by atoms with Gasteiger partial charge in [-0.05, 0) is 62.5 Å². The zero-order chi connectivity index (χ0) is 17.7. The first-order valence-corrected chi connectivity index (χ1v) is 8.00. The Morgan fingerprint density at radius 3 is 1.92 bits per heavy atom. The maximum atomic E-state index is 5.65. The molecule has 0 aliphatic carbocycles. The van der Waals surface area contributed by atoms with Gasteiger partial charge in [0.15, 0.2) is 23.0 Å². The van der Waals surface area contributed by atoms with E-state index in [1.165, 1.54) is 0 Å². The van der Waals surface area contributed by atoms with E-state index in [0.29, 0.717) is 11.5 Å². The fraction of sp³-hybridized carbons (Fsp3) is 0.474. The quantitative estimate of drug-likeness (QED) is 0.741. The van der Waals surface area contributed by atoms with E-state index in [0.717, 1.165) is 47.2 Å². The molecule has 0 bridgehead atoms. The lowest BCUT2D eigenvalue weighted by molar-refractivity contribution is 0.349. The van der Waals surface area contributed by atoms with Gasteiger partial charge in [-0.1, -0.05) is 0 Å². The number of benzene rings is 2. The van der Waals surface area contributed by atoms with Crippen LogP contribution in [0.4, 0.5) is 0 Å². The van der Waals surface area contributed by atoms with Gasteiger partial charge in [-0.25, -0.2) is 0 Å². The lowest BCUT2D eigenvalue weighted by atomic mass is 9.98. The van der Waals surface area contributed by atoms with Crippen LogP contribution in [0.25, 0.3) is 10.8 Å². The number of rotatable bonds is 8. The van der Waals surface area contributed by atoms with Crippen LogP contribution in [0, 0.1) is 0 Å². The standard InChI is InChI=1S/C19H27NO4/c1-20(2)9-7-8-14-15-12-17(22-4)16(21-3)10-13(15)11-18(23-5)19(14)24-6/h10-12H,7-9H2,1-6H3. The Morgan fingerprint density at radius 2 is 1.38 bits per heavy atom. The van der Waals surface area contributed by atoms with E-state index in [1.54, 1.807) is 28.4 Å². The number of methoxy groups -OCH3 is 4. The molecule has 0 aliphatic heterocycles. The molecular formula is C19H27NO4. The third kappa shape index (κ3) is 3.67. The fourth-order valence-corrected chi connectivity index (χ4v) is 2.95. The normalized spacial score (nSPS) is 11.0. The molecule has 24 heavy (non-hydrogen) atoms. The molecule has 0 aliphatic rings. The van der Waals surface area contributed by atoms with Crippen LogP contribution in [0.1, 0.15) is 12.0 Å². The van der Waals surface area contributed by atoms with Crippen molar-refractivity contribution < 1.29 is 18.9 Å². The van der Waals surface area contributed by atoms with Crippen LogP contribution in [0.2, 0.25) is 0 Å². The van der Waals surface area contributed by atoms with Crippen LogP contribution in [-0.2, 0) is 6.42 Å². The van der Waals surface area contributed by atoms with Gasteiger partial charge in [0.2, 0.25) is 0 Å². The number of fused-ring (bicyclic) bond motifs is 1. The third-order valence-electron chi connectivity index (χ3n) is 4.12. The minimum Gasteiger partial charge on any atom is -0.493 e. The summed E-state index contributed by atoms with van der Waals surface area (Å²) in [5, 5.41) is 2.15. The molecule has 0 aromatic heterocycles. The van der Waals surface area contributed by atoms with Gasteiger partial charge in [0.05, 0.1) is 28.4 Å². The summed E-state index contributed by atoms with van der Waals surface area (Å²) < 4.78 is 22.1. The van der Waals surface area contributed by atoms with Crippen molar-refractivity contribution >= 4 is 10.8 Å². The summed E-state index contributed by atoms with van der Waals surface area (Å²) in [6, 6.07) is 5.97. The Hall–Kier alpha value is -2.14. The molecule has 2 rings (SSSR count). The molecule has 0 unspecified atom stereocenters. The van der Waals surface area contributed by atoms with Crippen molar-refractivity contribution in [2.75, 3.05) is 49.1 Å². The van der Waals surface area contributed by atoms with Gasteiger partial charge in [0, 0.05) is 5.56 Å². The Bertz CT molecular complexity index is 692. The molecule has 0 heterocycles. The van der Waals surface area contributed by atoms with E-state index in [4.69, 9.17) is 18.9 Å². The Balaban J connectivity index is 2.63. The number of nitrogens with zero attached hydrogens (tertiary/aromatic N) is 1. The Kier molecular flexibility index (Phi) is 6.15. The highest BCUT2D eigenvalue weighted by Crippen LogP contribution is 2.42. The Labute approximate surface area is 144 Å². The Morgan fingerprint density at radius 1 is 0.792 bits per heavy atom. The fourth-order valence-electron chi connectivity index (χ4n) is 2.95. The average Bonchev–Trinajstić information content (AvgIpc) is 2.59. The minimum absolute atomic E-state index is 0.705. The highest BCUT2D eigenvalue weighted by Gasteiger charge is 2.17. The highest BCUT2D eigenvalue weighted by atomic mass is 16.5. The number of ether oxygens (including phenoxy) is 4. The first-order valence-electron chi connectivity index (χ1n) is 8.00. The molecule has 0 amide bonds. The highest BCUT2D eigenvalue weighted by molar-refractivity contribution is 5.92. The SMILES string of the molecule is COc1cc2cc(OC)c(OC)c(CCCN(C)C)c2cc1OC. The third-order valence-corrected chi connectivity index (χ3v) is 4.12. The molecular weight excluding hydrogens is 306 g/mol. The zero-order valence-corrected chi connectivity index (χ0v) is 15.4. The second-order valence-corrected chi connectivity index (χ2v) is 5.93. The van der Waals surface area contributed by atoms with Gasteiger partial charge in [0.1, 0.15) is 0 Å². The average molecular weight is 333 g/mol. The van der Waals surface area contributed by atoms with E-state index in [-0.39, 0.29) is 0 Å². The summed E-state index contributed by atoms with van der Waals surface area (Å²) in [5.41, 5.74) is 1.13. The molecule has 0 saturated heterocycles. The van der Waals surface area contributed by atoms with Crippen LogP contribution in [0.3, 0.4) is 0 Å². The molecule has 0 atom stereocenters. The molecule has 0 fully saturated rings. The molecule has 2 aromatic carbocycles. The maximum absolute atomic E-state index is 5.65. The molecule has 0 spiro atoms.